The van der Waals surface area contributed by atoms with Gasteiger partial charge >= 0.3 is 6.02 Å². The van der Waals surface area contributed by atoms with E-state index in [-0.39, 0.29) is 22.8 Å². The van der Waals surface area contributed by atoms with Gasteiger partial charge in [0.05, 0.1) is 25.3 Å². The maximum Gasteiger partial charge on any atom is 0.318 e. The van der Waals surface area contributed by atoms with Crippen LogP contribution in [0.3, 0.4) is 0 Å². The van der Waals surface area contributed by atoms with Crippen LogP contribution in [0.15, 0.2) is 114 Å². The highest BCUT2D eigenvalue weighted by Crippen LogP contribution is 2.42. The van der Waals surface area contributed by atoms with Crippen molar-refractivity contribution >= 4 is 50.3 Å². The highest BCUT2D eigenvalue weighted by Gasteiger charge is 2.43. The number of aliphatic imine (C=N–C) groups is 2. The first-order valence-electron chi connectivity index (χ1n) is 14.1. The van der Waals surface area contributed by atoms with Crippen molar-refractivity contribution in [3.63, 3.8) is 0 Å². The van der Waals surface area contributed by atoms with Crippen LogP contribution in [0.4, 0.5) is 0 Å². The van der Waals surface area contributed by atoms with Gasteiger partial charge in [-0.2, -0.15) is 13.4 Å². The van der Waals surface area contributed by atoms with E-state index in [9.17, 15) is 8.42 Å². The number of amidine groups is 1. The number of hydrogen-bond acceptors (Lipinski definition) is 9. The first-order valence-corrected chi connectivity index (χ1v) is 15.5. The van der Waals surface area contributed by atoms with Crippen molar-refractivity contribution in [1.29, 1.82) is 0 Å². The van der Waals surface area contributed by atoms with E-state index in [1.165, 1.54) is 6.33 Å². The van der Waals surface area contributed by atoms with Gasteiger partial charge in [0.2, 0.25) is 15.3 Å². The van der Waals surface area contributed by atoms with E-state index in [0.717, 1.165) is 22.9 Å². The number of rotatable bonds is 8. The molecule has 1 fully saturated rings. The Morgan fingerprint density at radius 1 is 0.889 bits per heavy atom. The molecule has 11 nitrogen and oxygen atoms in total. The summed E-state index contributed by atoms with van der Waals surface area (Å²) in [6, 6.07) is 30.1. The van der Waals surface area contributed by atoms with Gasteiger partial charge in [-0.15, -0.1) is 0 Å². The van der Waals surface area contributed by atoms with Crippen LogP contribution in [0.5, 0.6) is 0 Å². The van der Waals surface area contributed by atoms with Gasteiger partial charge in [-0.3, -0.25) is 4.57 Å². The number of benzene rings is 3. The van der Waals surface area contributed by atoms with Crippen LogP contribution in [0.1, 0.15) is 29.3 Å². The molecule has 2 aromatic heterocycles. The van der Waals surface area contributed by atoms with E-state index in [2.05, 4.69) is 61.3 Å². The van der Waals surface area contributed by atoms with Crippen LogP contribution in [0.2, 0.25) is 5.15 Å². The molecule has 45 heavy (non-hydrogen) atoms. The fourth-order valence-electron chi connectivity index (χ4n) is 5.71. The van der Waals surface area contributed by atoms with E-state index < -0.39 is 34.3 Å². The molecule has 7 rings (SSSR count). The molecule has 5 aromatic rings. The number of halogens is 1. The summed E-state index contributed by atoms with van der Waals surface area (Å²) in [5, 5.41) is 0.203. The molecular weight excluding hydrogens is 616 g/mol. The van der Waals surface area contributed by atoms with E-state index >= 15 is 0 Å². The molecule has 2 aliphatic rings. The predicted octanol–water partition coefficient (Wildman–Crippen LogP) is 4.61. The summed E-state index contributed by atoms with van der Waals surface area (Å²) in [4.78, 5) is 20.6. The second kappa shape index (κ2) is 12.3. The Kier molecular flexibility index (Phi) is 7.94. The Hall–Kier alpha value is -4.75. The minimum absolute atomic E-state index is 0.0846. The molecule has 0 N–H and O–H groups in total. The van der Waals surface area contributed by atoms with Gasteiger partial charge in [0, 0.05) is 6.42 Å². The standard InChI is InChI=1S/C32H25ClN6O5S/c33-28-27-29(36-19-35-28)39(20-37-27)30-25(44-31-34-17-26(38-31)45(40)41)16-24(43-30)18-42-32(21-10-4-1-5-11-21,22-12-6-2-7-13-22)23-14-8-3-9-15-23/h1-15,17,19-20,24-25,30H,16,18H2/t24-,25+,30+/m0/s1. The minimum atomic E-state index is -2.55. The average molecular weight is 641 g/mol. The molecule has 13 heteroatoms. The first kappa shape index (κ1) is 29.0. The highest BCUT2D eigenvalue weighted by atomic mass is 35.5. The zero-order valence-electron chi connectivity index (χ0n) is 23.5. The molecule has 4 heterocycles. The summed E-state index contributed by atoms with van der Waals surface area (Å²) in [5.41, 5.74) is 2.78. The predicted molar refractivity (Wildman–Crippen MR) is 169 cm³/mol. The summed E-state index contributed by atoms with van der Waals surface area (Å²) < 4.78 is 44.3. The molecule has 0 radical (unpaired) electrons. The SMILES string of the molecule is O=S(=O)=C1C=NC(O[C@@H]2C[C@@H](COC(c3ccccc3)(c3ccccc3)c3ccccc3)O[C@H]2n2cnc3c(Cl)ncnc32)=N1. The van der Waals surface area contributed by atoms with Crippen molar-refractivity contribution in [3.05, 3.63) is 125 Å². The Bertz CT molecular complexity index is 1930. The van der Waals surface area contributed by atoms with Gasteiger partial charge in [-0.1, -0.05) is 103 Å². The van der Waals surface area contributed by atoms with Crippen molar-refractivity contribution < 1.29 is 22.6 Å². The smallest absolute Gasteiger partial charge is 0.318 e. The van der Waals surface area contributed by atoms with Crippen LogP contribution in [-0.2, 0) is 30.1 Å². The first-order chi connectivity index (χ1) is 22.0. The normalized spacial score (nSPS) is 19.6. The number of nitrogens with zero attached hydrogens (tertiary/aromatic N) is 6. The molecule has 0 saturated carbocycles. The van der Waals surface area contributed by atoms with E-state index in [0.29, 0.717) is 17.6 Å². The summed E-state index contributed by atoms with van der Waals surface area (Å²) in [5.74, 6) is 0. The Morgan fingerprint density at radius 3 is 2.09 bits per heavy atom. The molecule has 2 aliphatic heterocycles. The van der Waals surface area contributed by atoms with Gasteiger partial charge in [-0.25, -0.2) is 19.9 Å². The zero-order chi connectivity index (χ0) is 30.8. The average Bonchev–Trinajstić information content (AvgIpc) is 3.83. The Labute approximate surface area is 264 Å². The number of fused-ring (bicyclic) bond motifs is 1. The number of ether oxygens (including phenoxy) is 3. The molecule has 3 aromatic carbocycles. The summed E-state index contributed by atoms with van der Waals surface area (Å²) in [7, 11) is -2.55. The van der Waals surface area contributed by atoms with E-state index in [4.69, 9.17) is 25.8 Å². The monoisotopic (exact) mass is 640 g/mol. The second-order valence-electron chi connectivity index (χ2n) is 10.3. The topological polar surface area (TPSA) is 130 Å². The van der Waals surface area contributed by atoms with Crippen molar-refractivity contribution in [3.8, 4) is 0 Å². The van der Waals surface area contributed by atoms with Gasteiger partial charge in [0.25, 0.3) is 0 Å². The van der Waals surface area contributed by atoms with Crippen molar-refractivity contribution in [2.75, 3.05) is 6.61 Å². The number of imidazole rings is 1. The van der Waals surface area contributed by atoms with Crippen LogP contribution in [0, 0.1) is 0 Å². The molecular formula is C32H25ClN6O5S. The minimum Gasteiger partial charge on any atom is -0.455 e. The Morgan fingerprint density at radius 2 is 1.51 bits per heavy atom. The van der Waals surface area contributed by atoms with Gasteiger partial charge in [0.15, 0.2) is 17.0 Å². The molecule has 0 aliphatic carbocycles. The van der Waals surface area contributed by atoms with Crippen LogP contribution in [-0.4, -0.2) is 64.0 Å². The van der Waals surface area contributed by atoms with E-state index in [1.54, 1.807) is 10.9 Å². The highest BCUT2D eigenvalue weighted by molar-refractivity contribution is 7.74. The van der Waals surface area contributed by atoms with Crippen LogP contribution >= 0.6 is 11.6 Å². The molecule has 0 unspecified atom stereocenters. The maximum atomic E-state index is 11.4. The molecule has 0 spiro atoms. The van der Waals surface area contributed by atoms with Crippen molar-refractivity contribution in [2.45, 2.75) is 30.5 Å². The third-order valence-corrected chi connectivity index (χ3v) is 8.49. The van der Waals surface area contributed by atoms with Crippen molar-refractivity contribution in [1.82, 2.24) is 19.5 Å². The quantitative estimate of drug-likeness (QED) is 0.137. The third kappa shape index (κ3) is 5.53. The molecule has 3 atom stereocenters. The molecule has 226 valence electrons. The molecule has 1 saturated heterocycles. The molecule has 0 bridgehead atoms. The van der Waals surface area contributed by atoms with Gasteiger partial charge in [0.1, 0.15) is 23.5 Å². The van der Waals surface area contributed by atoms with Crippen molar-refractivity contribution in [2.24, 2.45) is 9.98 Å². The lowest BCUT2D eigenvalue weighted by Gasteiger charge is -2.36. The van der Waals surface area contributed by atoms with Crippen LogP contribution in [0.25, 0.3) is 11.2 Å². The van der Waals surface area contributed by atoms with Gasteiger partial charge in [-0.05, 0) is 16.7 Å². The summed E-state index contributed by atoms with van der Waals surface area (Å²) >= 11 is 6.28. The molecule has 0 amide bonds. The van der Waals surface area contributed by atoms with E-state index in [1.807, 2.05) is 54.6 Å². The lowest BCUT2D eigenvalue weighted by molar-refractivity contribution is -0.0841. The summed E-state index contributed by atoms with van der Waals surface area (Å²) in [6.45, 7) is 0.176. The van der Waals surface area contributed by atoms with Gasteiger partial charge < -0.3 is 14.2 Å². The third-order valence-electron chi connectivity index (χ3n) is 7.68. The Balaban J connectivity index is 1.25. The fourth-order valence-corrected chi connectivity index (χ4v) is 6.17. The maximum absolute atomic E-state index is 11.4. The largest absolute Gasteiger partial charge is 0.455 e. The lowest BCUT2D eigenvalue weighted by Crippen LogP contribution is -2.35. The second-order valence-corrected chi connectivity index (χ2v) is 11.6. The number of aromatic nitrogens is 4. The lowest BCUT2D eigenvalue weighted by atomic mass is 9.80. The fraction of sp³-hybridized carbons (Fsp3) is 0.188. The number of hydrogen-bond donors (Lipinski definition) is 0. The summed E-state index contributed by atoms with van der Waals surface area (Å²) in [6.07, 6.45) is 2.54. The zero-order valence-corrected chi connectivity index (χ0v) is 25.1. The van der Waals surface area contributed by atoms with Crippen LogP contribution < -0.4 is 0 Å².